The van der Waals surface area contributed by atoms with Crippen LogP contribution in [0.5, 0.6) is 0 Å². The first-order chi connectivity index (χ1) is 15.6. The van der Waals surface area contributed by atoms with Crippen molar-refractivity contribution in [3.05, 3.63) is 0 Å². The number of amides is 1. The maximum Gasteiger partial charge on any atom is 0.230 e. The van der Waals surface area contributed by atoms with Crippen molar-refractivity contribution in [3.8, 4) is 0 Å². The molecule has 8 N–H and O–H groups in total. The summed E-state index contributed by atoms with van der Waals surface area (Å²) in [6.45, 7) is 1.65. The van der Waals surface area contributed by atoms with Gasteiger partial charge in [0.1, 0.15) is 36.1 Å². The van der Waals surface area contributed by atoms with Gasteiger partial charge in [0.05, 0.1) is 18.5 Å². The van der Waals surface area contributed by atoms with Gasteiger partial charge in [-0.25, -0.2) is 0 Å². The van der Waals surface area contributed by atoms with Crippen molar-refractivity contribution in [1.82, 2.24) is 5.32 Å². The molecule has 9 atom stereocenters. The van der Waals surface area contributed by atoms with Gasteiger partial charge in [0.2, 0.25) is 5.91 Å². The number of aliphatic hydroxyl groups excluding tert-OH is 6. The molecular formula is C20H37NO10S2. The van der Waals surface area contributed by atoms with Crippen LogP contribution in [0.4, 0.5) is 0 Å². The highest BCUT2D eigenvalue weighted by molar-refractivity contribution is 8.00. The zero-order valence-corrected chi connectivity index (χ0v) is 20.3. The van der Waals surface area contributed by atoms with Gasteiger partial charge in [-0.15, -0.1) is 11.8 Å². The number of aliphatic hydroxyl groups is 7. The minimum absolute atomic E-state index is 0.152. The smallest absolute Gasteiger partial charge is 0.230 e. The van der Waals surface area contributed by atoms with Crippen molar-refractivity contribution in [1.29, 1.82) is 0 Å². The van der Waals surface area contributed by atoms with Crippen LogP contribution in [-0.2, 0) is 14.3 Å². The molecule has 0 aromatic rings. The maximum atomic E-state index is 12.0. The van der Waals surface area contributed by atoms with E-state index >= 15 is 0 Å². The summed E-state index contributed by atoms with van der Waals surface area (Å²) in [6.07, 6.45) is -6.97. The molecule has 1 aliphatic carbocycles. The number of carbonyl (C=O) groups excluding carboxylic acids is 1. The van der Waals surface area contributed by atoms with E-state index in [2.05, 4.69) is 5.32 Å². The summed E-state index contributed by atoms with van der Waals surface area (Å²) in [5, 5.41) is 71.3. The fourth-order valence-electron chi connectivity index (χ4n) is 3.83. The highest BCUT2D eigenvalue weighted by Crippen LogP contribution is 2.36. The van der Waals surface area contributed by atoms with Gasteiger partial charge in [-0.3, -0.25) is 4.79 Å². The standard InChI is InChI=1S/C20H37NO10S2/c1-20(29)13(4-3-11(23)18(20)27)33-10-14(24)21-5-8-32-7-2-6-30-17-16(26)15(25)12(9-22)31-19(17)28/h11-13,15-19,22-23,25-29H,2-10H2,1H3,(H,21,24). The lowest BCUT2D eigenvalue weighted by Crippen LogP contribution is -2.59. The Hall–Kier alpha value is -0.190. The number of ether oxygens (including phenoxy) is 2. The average molecular weight is 516 g/mol. The molecule has 1 amide bonds. The summed E-state index contributed by atoms with van der Waals surface area (Å²) in [4.78, 5) is 12.0. The molecule has 33 heavy (non-hydrogen) atoms. The molecule has 1 saturated carbocycles. The third-order valence-corrected chi connectivity index (χ3v) is 8.52. The second-order valence-electron chi connectivity index (χ2n) is 8.50. The zero-order chi connectivity index (χ0) is 24.6. The van der Waals surface area contributed by atoms with Crippen molar-refractivity contribution in [2.45, 2.75) is 80.0 Å². The van der Waals surface area contributed by atoms with Crippen LogP contribution in [0.2, 0.25) is 0 Å². The van der Waals surface area contributed by atoms with E-state index in [0.717, 1.165) is 5.75 Å². The number of nitrogens with one attached hydrogen (secondary N) is 1. The third kappa shape index (κ3) is 8.17. The summed E-state index contributed by atoms with van der Waals surface area (Å²) in [5.41, 5.74) is -1.45. The molecule has 0 aromatic heterocycles. The molecule has 2 aliphatic rings. The molecule has 0 spiro atoms. The van der Waals surface area contributed by atoms with Gasteiger partial charge >= 0.3 is 0 Å². The van der Waals surface area contributed by atoms with E-state index in [0.29, 0.717) is 31.6 Å². The Morgan fingerprint density at radius 2 is 1.88 bits per heavy atom. The van der Waals surface area contributed by atoms with Crippen molar-refractivity contribution in [2.75, 3.05) is 37.0 Å². The minimum atomic E-state index is -1.45. The van der Waals surface area contributed by atoms with Crippen molar-refractivity contribution >= 4 is 29.4 Å². The van der Waals surface area contributed by atoms with Crippen LogP contribution in [-0.4, -0.2) is 132 Å². The van der Waals surface area contributed by atoms with Gasteiger partial charge in [-0.05, 0) is 31.9 Å². The van der Waals surface area contributed by atoms with Crippen molar-refractivity contribution < 1.29 is 50.0 Å². The Morgan fingerprint density at radius 1 is 1.15 bits per heavy atom. The molecule has 1 aliphatic heterocycles. The van der Waals surface area contributed by atoms with E-state index in [1.54, 1.807) is 11.8 Å². The normalized spacial score (nSPS) is 39.4. The van der Waals surface area contributed by atoms with Crippen LogP contribution in [0.1, 0.15) is 26.2 Å². The van der Waals surface area contributed by atoms with Crippen LogP contribution in [0.15, 0.2) is 0 Å². The molecule has 11 nitrogen and oxygen atoms in total. The van der Waals surface area contributed by atoms with Gasteiger partial charge in [0.15, 0.2) is 6.29 Å². The Labute approximate surface area is 201 Å². The Kier molecular flexibility index (Phi) is 12.1. The summed E-state index contributed by atoms with van der Waals surface area (Å²) < 4.78 is 10.5. The molecule has 2 fully saturated rings. The molecule has 0 aromatic carbocycles. The number of carbonyl (C=O) groups is 1. The number of hydrogen-bond acceptors (Lipinski definition) is 12. The lowest BCUT2D eigenvalue weighted by molar-refractivity contribution is -0.296. The zero-order valence-electron chi connectivity index (χ0n) is 18.7. The highest BCUT2D eigenvalue weighted by atomic mass is 32.2. The van der Waals surface area contributed by atoms with E-state index in [1.165, 1.54) is 18.7 Å². The predicted molar refractivity (Wildman–Crippen MR) is 123 cm³/mol. The van der Waals surface area contributed by atoms with E-state index < -0.39 is 55.1 Å². The van der Waals surface area contributed by atoms with E-state index in [-0.39, 0.29) is 23.5 Å². The Morgan fingerprint density at radius 3 is 2.58 bits per heavy atom. The van der Waals surface area contributed by atoms with Crippen LogP contribution >= 0.6 is 23.5 Å². The van der Waals surface area contributed by atoms with Gasteiger partial charge < -0.3 is 50.5 Å². The second kappa shape index (κ2) is 13.8. The molecule has 9 unspecified atom stereocenters. The minimum Gasteiger partial charge on any atom is -0.394 e. The summed E-state index contributed by atoms with van der Waals surface area (Å²) in [7, 11) is 0. The molecule has 0 radical (unpaired) electrons. The molecular weight excluding hydrogens is 478 g/mol. The molecule has 13 heteroatoms. The summed E-state index contributed by atoms with van der Waals surface area (Å²) >= 11 is 2.86. The van der Waals surface area contributed by atoms with Crippen LogP contribution in [0, 0.1) is 0 Å². The quantitative estimate of drug-likeness (QED) is 0.127. The third-order valence-electron chi connectivity index (χ3n) is 5.91. The van der Waals surface area contributed by atoms with Gasteiger partial charge in [0.25, 0.3) is 0 Å². The van der Waals surface area contributed by atoms with Gasteiger partial charge in [-0.2, -0.15) is 11.8 Å². The SMILES string of the molecule is CC1(O)C(SCC(=O)NCCSCCCOC2C(O)OC(CO)C(O)C2O)CCC(O)C1O. The Balaban J connectivity index is 1.52. The molecule has 1 saturated heterocycles. The largest absolute Gasteiger partial charge is 0.394 e. The van der Waals surface area contributed by atoms with Crippen LogP contribution < -0.4 is 5.32 Å². The first-order valence-corrected chi connectivity index (χ1v) is 13.3. The molecule has 1 heterocycles. The fourth-order valence-corrected chi connectivity index (χ4v) is 5.84. The topological polar surface area (TPSA) is 189 Å². The second-order valence-corrected chi connectivity index (χ2v) is 10.9. The predicted octanol–water partition coefficient (Wildman–Crippen LogP) is -2.59. The monoisotopic (exact) mass is 515 g/mol. The van der Waals surface area contributed by atoms with Crippen molar-refractivity contribution in [2.24, 2.45) is 0 Å². The first-order valence-electron chi connectivity index (χ1n) is 11.1. The number of hydrogen-bond donors (Lipinski definition) is 8. The van der Waals surface area contributed by atoms with Gasteiger partial charge in [0, 0.05) is 24.2 Å². The van der Waals surface area contributed by atoms with E-state index in [4.69, 9.17) is 14.6 Å². The van der Waals surface area contributed by atoms with E-state index in [1.807, 2.05) is 0 Å². The summed E-state index contributed by atoms with van der Waals surface area (Å²) in [5.74, 6) is 1.38. The fraction of sp³-hybridized carbons (Fsp3) is 0.950. The molecule has 194 valence electrons. The Bertz CT molecular complexity index is 601. The first kappa shape index (κ1) is 29.0. The van der Waals surface area contributed by atoms with Crippen LogP contribution in [0.3, 0.4) is 0 Å². The molecule has 0 bridgehead atoms. The average Bonchev–Trinajstić information content (AvgIpc) is 2.77. The van der Waals surface area contributed by atoms with Crippen LogP contribution in [0.25, 0.3) is 0 Å². The highest BCUT2D eigenvalue weighted by Gasteiger charge is 2.46. The lowest BCUT2D eigenvalue weighted by atomic mass is 9.81. The van der Waals surface area contributed by atoms with Gasteiger partial charge in [-0.1, -0.05) is 0 Å². The summed E-state index contributed by atoms with van der Waals surface area (Å²) in [6, 6.07) is 0. The van der Waals surface area contributed by atoms with E-state index in [9.17, 15) is 35.4 Å². The van der Waals surface area contributed by atoms with Crippen molar-refractivity contribution in [3.63, 3.8) is 0 Å². The number of rotatable bonds is 12. The maximum absolute atomic E-state index is 12.0. The molecule has 2 rings (SSSR count). The number of thioether (sulfide) groups is 2. The lowest BCUT2D eigenvalue weighted by Gasteiger charge is -2.43.